The van der Waals surface area contributed by atoms with Crippen LogP contribution in [0.3, 0.4) is 0 Å². The zero-order valence-corrected chi connectivity index (χ0v) is 8.82. The minimum Gasteiger partial charge on any atom is -0.469 e. The number of benzene rings is 1. The van der Waals surface area contributed by atoms with Gasteiger partial charge in [0.05, 0.1) is 13.5 Å². The van der Waals surface area contributed by atoms with Crippen molar-refractivity contribution in [3.8, 4) is 0 Å². The van der Waals surface area contributed by atoms with Crippen LogP contribution >= 0.6 is 0 Å². The standard InChI is InChI=1S/C11H16N2O2/c1-15-11(14)5-6-13-10-4-2-3-9(7-10)8-12/h2-4,7,13H,5-6,8,12H2,1H3. The van der Waals surface area contributed by atoms with Gasteiger partial charge in [0, 0.05) is 18.8 Å². The van der Waals surface area contributed by atoms with Crippen LogP contribution in [0.2, 0.25) is 0 Å². The molecule has 0 aliphatic carbocycles. The summed E-state index contributed by atoms with van der Waals surface area (Å²) in [6, 6.07) is 7.81. The van der Waals surface area contributed by atoms with E-state index in [0.29, 0.717) is 19.5 Å². The summed E-state index contributed by atoms with van der Waals surface area (Å²) in [6.45, 7) is 1.09. The molecule has 15 heavy (non-hydrogen) atoms. The van der Waals surface area contributed by atoms with E-state index in [0.717, 1.165) is 11.3 Å². The molecule has 0 aliphatic heterocycles. The molecule has 1 rings (SSSR count). The SMILES string of the molecule is COC(=O)CCNc1cccc(CN)c1. The zero-order valence-electron chi connectivity index (χ0n) is 8.82. The summed E-state index contributed by atoms with van der Waals surface area (Å²) in [5.74, 6) is -0.211. The van der Waals surface area contributed by atoms with Crippen LogP contribution in [0.1, 0.15) is 12.0 Å². The highest BCUT2D eigenvalue weighted by molar-refractivity contribution is 5.69. The molecule has 4 nitrogen and oxygen atoms in total. The molecular formula is C11H16N2O2. The van der Waals surface area contributed by atoms with Crippen molar-refractivity contribution in [2.45, 2.75) is 13.0 Å². The van der Waals surface area contributed by atoms with E-state index in [1.807, 2.05) is 24.3 Å². The lowest BCUT2D eigenvalue weighted by atomic mass is 10.2. The number of hydrogen-bond acceptors (Lipinski definition) is 4. The van der Waals surface area contributed by atoms with Crippen LogP contribution < -0.4 is 11.1 Å². The smallest absolute Gasteiger partial charge is 0.307 e. The lowest BCUT2D eigenvalue weighted by Crippen LogP contribution is -2.09. The van der Waals surface area contributed by atoms with Gasteiger partial charge in [-0.05, 0) is 17.7 Å². The molecule has 0 spiro atoms. The Hall–Kier alpha value is -1.55. The van der Waals surface area contributed by atoms with Crippen LogP contribution in [0.5, 0.6) is 0 Å². The Kier molecular flexibility index (Phi) is 4.63. The second-order valence-corrected chi connectivity index (χ2v) is 3.16. The van der Waals surface area contributed by atoms with Crippen molar-refractivity contribution in [2.24, 2.45) is 5.73 Å². The first kappa shape index (κ1) is 11.5. The van der Waals surface area contributed by atoms with E-state index < -0.39 is 0 Å². The number of nitrogens with one attached hydrogen (secondary N) is 1. The Balaban J connectivity index is 2.40. The van der Waals surface area contributed by atoms with Crippen molar-refractivity contribution in [3.63, 3.8) is 0 Å². The van der Waals surface area contributed by atoms with Crippen molar-refractivity contribution in [2.75, 3.05) is 19.0 Å². The Morgan fingerprint density at radius 1 is 1.53 bits per heavy atom. The second kappa shape index (κ2) is 6.03. The third-order valence-corrected chi connectivity index (χ3v) is 2.05. The fourth-order valence-electron chi connectivity index (χ4n) is 1.22. The third-order valence-electron chi connectivity index (χ3n) is 2.05. The molecule has 4 heteroatoms. The minimum atomic E-state index is -0.211. The van der Waals surface area contributed by atoms with E-state index in [1.54, 1.807) is 0 Å². The van der Waals surface area contributed by atoms with Gasteiger partial charge in [-0.3, -0.25) is 4.79 Å². The molecule has 1 aromatic carbocycles. The minimum absolute atomic E-state index is 0.211. The van der Waals surface area contributed by atoms with Crippen LogP contribution in [0.15, 0.2) is 24.3 Å². The first-order chi connectivity index (χ1) is 7.26. The topological polar surface area (TPSA) is 64.3 Å². The van der Waals surface area contributed by atoms with Crippen LogP contribution in [-0.2, 0) is 16.1 Å². The van der Waals surface area contributed by atoms with E-state index in [9.17, 15) is 4.79 Å². The maximum absolute atomic E-state index is 10.8. The van der Waals surface area contributed by atoms with Gasteiger partial charge in [0.25, 0.3) is 0 Å². The number of nitrogens with two attached hydrogens (primary N) is 1. The summed E-state index contributed by atoms with van der Waals surface area (Å²) in [6.07, 6.45) is 0.364. The predicted octanol–water partition coefficient (Wildman–Crippen LogP) is 1.12. The second-order valence-electron chi connectivity index (χ2n) is 3.16. The van der Waals surface area contributed by atoms with E-state index in [4.69, 9.17) is 5.73 Å². The molecule has 0 amide bonds. The van der Waals surface area contributed by atoms with Crippen molar-refractivity contribution in [1.29, 1.82) is 0 Å². The van der Waals surface area contributed by atoms with E-state index >= 15 is 0 Å². The van der Waals surface area contributed by atoms with Crippen molar-refractivity contribution in [1.82, 2.24) is 0 Å². The highest BCUT2D eigenvalue weighted by Crippen LogP contribution is 2.09. The number of ether oxygens (including phenoxy) is 1. The average Bonchev–Trinajstić information content (AvgIpc) is 2.29. The number of anilines is 1. The highest BCUT2D eigenvalue weighted by Gasteiger charge is 1.99. The summed E-state index contributed by atoms with van der Waals surface area (Å²) in [5, 5.41) is 3.13. The normalized spacial score (nSPS) is 9.73. The van der Waals surface area contributed by atoms with Crippen LogP contribution in [0.25, 0.3) is 0 Å². The van der Waals surface area contributed by atoms with Gasteiger partial charge in [-0.25, -0.2) is 0 Å². The molecule has 0 atom stereocenters. The van der Waals surface area contributed by atoms with Gasteiger partial charge in [-0.1, -0.05) is 12.1 Å². The third kappa shape index (κ3) is 3.99. The monoisotopic (exact) mass is 208 g/mol. The molecule has 82 valence electrons. The highest BCUT2D eigenvalue weighted by atomic mass is 16.5. The summed E-state index contributed by atoms with van der Waals surface area (Å²) in [7, 11) is 1.39. The first-order valence-electron chi connectivity index (χ1n) is 4.86. The number of carbonyl (C=O) groups is 1. The summed E-state index contributed by atoms with van der Waals surface area (Å²) in [5.41, 5.74) is 7.56. The Bertz CT molecular complexity index is 326. The molecule has 0 radical (unpaired) electrons. The largest absolute Gasteiger partial charge is 0.469 e. The number of hydrogen-bond donors (Lipinski definition) is 2. The number of carbonyl (C=O) groups excluding carboxylic acids is 1. The Morgan fingerprint density at radius 3 is 3.00 bits per heavy atom. The van der Waals surface area contributed by atoms with E-state index in [-0.39, 0.29) is 5.97 Å². The molecule has 0 saturated heterocycles. The molecule has 0 aliphatic rings. The number of methoxy groups -OCH3 is 1. The molecule has 0 heterocycles. The van der Waals surface area contributed by atoms with E-state index in [1.165, 1.54) is 7.11 Å². The fourth-order valence-corrected chi connectivity index (χ4v) is 1.22. The summed E-state index contributed by atoms with van der Waals surface area (Å²) in [4.78, 5) is 10.8. The maximum Gasteiger partial charge on any atom is 0.307 e. The first-order valence-corrected chi connectivity index (χ1v) is 4.86. The van der Waals surface area contributed by atoms with Gasteiger partial charge in [0.15, 0.2) is 0 Å². The van der Waals surface area contributed by atoms with Crippen molar-refractivity contribution >= 4 is 11.7 Å². The van der Waals surface area contributed by atoms with Gasteiger partial charge < -0.3 is 15.8 Å². The lowest BCUT2D eigenvalue weighted by Gasteiger charge is -2.06. The van der Waals surface area contributed by atoms with Gasteiger partial charge in [0.1, 0.15) is 0 Å². The van der Waals surface area contributed by atoms with Gasteiger partial charge >= 0.3 is 5.97 Å². The summed E-state index contributed by atoms with van der Waals surface area (Å²) < 4.78 is 4.53. The number of esters is 1. The fraction of sp³-hybridized carbons (Fsp3) is 0.364. The van der Waals surface area contributed by atoms with Crippen LogP contribution in [0.4, 0.5) is 5.69 Å². The van der Waals surface area contributed by atoms with Crippen LogP contribution in [-0.4, -0.2) is 19.6 Å². The summed E-state index contributed by atoms with van der Waals surface area (Å²) >= 11 is 0. The molecule has 0 saturated carbocycles. The molecular weight excluding hydrogens is 192 g/mol. The number of rotatable bonds is 5. The van der Waals surface area contributed by atoms with E-state index in [2.05, 4.69) is 10.1 Å². The van der Waals surface area contributed by atoms with Gasteiger partial charge in [0.2, 0.25) is 0 Å². The quantitative estimate of drug-likeness (QED) is 0.712. The van der Waals surface area contributed by atoms with Crippen molar-refractivity contribution < 1.29 is 9.53 Å². The molecule has 0 bridgehead atoms. The maximum atomic E-state index is 10.8. The zero-order chi connectivity index (χ0) is 11.1. The Labute approximate surface area is 89.4 Å². The predicted molar refractivity (Wildman–Crippen MR) is 59.5 cm³/mol. The van der Waals surface area contributed by atoms with Crippen molar-refractivity contribution in [3.05, 3.63) is 29.8 Å². The molecule has 0 fully saturated rings. The average molecular weight is 208 g/mol. The lowest BCUT2D eigenvalue weighted by molar-refractivity contribution is -0.140. The van der Waals surface area contributed by atoms with Gasteiger partial charge in [-0.15, -0.1) is 0 Å². The molecule has 3 N–H and O–H groups in total. The molecule has 0 unspecified atom stereocenters. The van der Waals surface area contributed by atoms with Gasteiger partial charge in [-0.2, -0.15) is 0 Å². The molecule has 0 aromatic heterocycles. The Morgan fingerprint density at radius 2 is 2.33 bits per heavy atom. The molecule has 1 aromatic rings. The van der Waals surface area contributed by atoms with Crippen LogP contribution in [0, 0.1) is 0 Å².